The number of carbonyl (C=O) groups excluding carboxylic acids is 3. The molecule has 1 N–H and O–H groups in total. The highest BCUT2D eigenvalue weighted by Gasteiger charge is 2.48. The summed E-state index contributed by atoms with van der Waals surface area (Å²) in [5.41, 5.74) is -1.38. The molecule has 0 aromatic heterocycles. The predicted octanol–water partition coefficient (Wildman–Crippen LogP) is 2.14. The van der Waals surface area contributed by atoms with E-state index >= 15 is 0 Å². The minimum Gasteiger partial charge on any atom is -0.467 e. The number of amides is 2. The monoisotopic (exact) mass is 413 g/mol. The molecular weight excluding hydrogens is 378 g/mol. The first-order chi connectivity index (χ1) is 13.3. The average molecular weight is 414 g/mol. The number of nitrogens with zero attached hydrogens (tertiary/aromatic N) is 2. The van der Waals surface area contributed by atoms with Crippen LogP contribution in [-0.4, -0.2) is 84.0 Å². The number of ether oxygens (including phenoxy) is 3. The second-order valence-electron chi connectivity index (χ2n) is 9.57. The third-order valence-corrected chi connectivity index (χ3v) is 4.57. The van der Waals surface area contributed by atoms with E-state index < -0.39 is 41.4 Å². The van der Waals surface area contributed by atoms with Gasteiger partial charge in [-0.25, -0.2) is 14.4 Å². The highest BCUT2D eigenvalue weighted by atomic mass is 16.6. The van der Waals surface area contributed by atoms with E-state index in [1.807, 2.05) is 0 Å². The summed E-state index contributed by atoms with van der Waals surface area (Å²) in [6.07, 6.45) is 0.987. The number of esters is 1. The molecule has 2 atom stereocenters. The van der Waals surface area contributed by atoms with Crippen LogP contribution < -0.4 is 5.32 Å². The van der Waals surface area contributed by atoms with E-state index in [1.54, 1.807) is 41.5 Å². The molecule has 2 fully saturated rings. The lowest BCUT2D eigenvalue weighted by atomic mass is 10.0. The zero-order valence-electron chi connectivity index (χ0n) is 18.6. The lowest BCUT2D eigenvalue weighted by molar-refractivity contribution is -0.151. The van der Waals surface area contributed by atoms with Crippen molar-refractivity contribution in [2.45, 2.75) is 83.7 Å². The van der Waals surface area contributed by atoms with Gasteiger partial charge in [-0.15, -0.1) is 0 Å². The van der Waals surface area contributed by atoms with Crippen LogP contribution in [0.4, 0.5) is 9.59 Å². The predicted molar refractivity (Wildman–Crippen MR) is 106 cm³/mol. The average Bonchev–Trinajstić information content (AvgIpc) is 3.39. The normalized spacial score (nSPS) is 22.9. The second-order valence-corrected chi connectivity index (χ2v) is 9.57. The fraction of sp³-hybridized carbons (Fsp3) is 0.850. The molecule has 1 aliphatic carbocycles. The van der Waals surface area contributed by atoms with Crippen LogP contribution in [0.2, 0.25) is 0 Å². The van der Waals surface area contributed by atoms with Gasteiger partial charge >= 0.3 is 18.2 Å². The maximum atomic E-state index is 12.8. The van der Waals surface area contributed by atoms with Gasteiger partial charge in [-0.1, -0.05) is 0 Å². The molecule has 2 amide bonds. The van der Waals surface area contributed by atoms with Crippen molar-refractivity contribution < 1.29 is 28.6 Å². The molecular formula is C20H35N3O6. The Kier molecular flexibility index (Phi) is 7.03. The molecule has 1 saturated heterocycles. The van der Waals surface area contributed by atoms with Gasteiger partial charge in [0.05, 0.1) is 13.2 Å². The number of nitrogens with one attached hydrogen (secondary N) is 1. The molecule has 0 bridgehead atoms. The summed E-state index contributed by atoms with van der Waals surface area (Å²) in [4.78, 5) is 41.2. The summed E-state index contributed by atoms with van der Waals surface area (Å²) < 4.78 is 16.0. The van der Waals surface area contributed by atoms with Crippen molar-refractivity contribution in [3.63, 3.8) is 0 Å². The van der Waals surface area contributed by atoms with Crippen molar-refractivity contribution in [2.24, 2.45) is 0 Å². The topological polar surface area (TPSA) is 97.4 Å². The zero-order chi connectivity index (χ0) is 22.0. The van der Waals surface area contributed by atoms with Gasteiger partial charge in [0, 0.05) is 25.7 Å². The van der Waals surface area contributed by atoms with Crippen LogP contribution in [0, 0.1) is 0 Å². The summed E-state index contributed by atoms with van der Waals surface area (Å²) in [6, 6.07) is -1.24. The van der Waals surface area contributed by atoms with Crippen molar-refractivity contribution in [1.29, 1.82) is 0 Å². The van der Waals surface area contributed by atoms with E-state index in [2.05, 4.69) is 5.32 Å². The largest absolute Gasteiger partial charge is 0.467 e. The first kappa shape index (κ1) is 23.3. The number of carbonyl (C=O) groups is 3. The molecule has 0 radical (unpaired) electrons. The van der Waals surface area contributed by atoms with Gasteiger partial charge < -0.3 is 19.5 Å². The molecule has 0 aromatic carbocycles. The molecule has 1 heterocycles. The molecule has 9 nitrogen and oxygen atoms in total. The standard InChI is InChI=1S/C20H35N3O6/c1-19(2,3)28-17(25)22-10-11-23(18(26)29-20(4,5)6)15(16(24)27-7)14(22)12-21-13-8-9-13/h13-15,21H,8-12H2,1-7H3/t14-,15+/m0/s1. The summed E-state index contributed by atoms with van der Waals surface area (Å²) in [5, 5.41) is 3.35. The van der Waals surface area contributed by atoms with E-state index in [9.17, 15) is 14.4 Å². The molecule has 29 heavy (non-hydrogen) atoms. The maximum Gasteiger partial charge on any atom is 0.411 e. The molecule has 1 aliphatic heterocycles. The summed E-state index contributed by atoms with van der Waals surface area (Å²) >= 11 is 0. The fourth-order valence-electron chi connectivity index (χ4n) is 3.17. The van der Waals surface area contributed by atoms with E-state index in [4.69, 9.17) is 14.2 Å². The lowest BCUT2D eigenvalue weighted by Crippen LogP contribution is -2.68. The van der Waals surface area contributed by atoms with Gasteiger partial charge in [0.25, 0.3) is 0 Å². The number of piperazine rings is 1. The summed E-state index contributed by atoms with van der Waals surface area (Å²) in [6.45, 7) is 11.4. The van der Waals surface area contributed by atoms with Crippen molar-refractivity contribution >= 4 is 18.2 Å². The van der Waals surface area contributed by atoms with Crippen LogP contribution in [-0.2, 0) is 19.0 Å². The van der Waals surface area contributed by atoms with Crippen LogP contribution in [0.15, 0.2) is 0 Å². The van der Waals surface area contributed by atoms with Gasteiger partial charge in [-0.05, 0) is 54.4 Å². The van der Waals surface area contributed by atoms with Crippen LogP contribution in [0.3, 0.4) is 0 Å². The van der Waals surface area contributed by atoms with E-state index in [0.29, 0.717) is 12.6 Å². The molecule has 0 unspecified atom stereocenters. The van der Waals surface area contributed by atoms with Crippen LogP contribution in [0.1, 0.15) is 54.4 Å². The minimum absolute atomic E-state index is 0.147. The molecule has 2 rings (SSSR count). The van der Waals surface area contributed by atoms with Crippen LogP contribution in [0.5, 0.6) is 0 Å². The Bertz CT molecular complexity index is 621. The maximum absolute atomic E-state index is 12.8. The molecule has 1 saturated carbocycles. The highest BCUT2D eigenvalue weighted by molar-refractivity contribution is 5.84. The molecule has 0 spiro atoms. The zero-order valence-corrected chi connectivity index (χ0v) is 18.6. The molecule has 2 aliphatic rings. The Balaban J connectivity index is 2.30. The Hall–Kier alpha value is -2.03. The van der Waals surface area contributed by atoms with E-state index in [0.717, 1.165) is 12.8 Å². The van der Waals surface area contributed by atoms with Gasteiger partial charge in [0.1, 0.15) is 11.2 Å². The highest BCUT2D eigenvalue weighted by Crippen LogP contribution is 2.25. The fourth-order valence-corrected chi connectivity index (χ4v) is 3.17. The lowest BCUT2D eigenvalue weighted by Gasteiger charge is -2.46. The summed E-state index contributed by atoms with van der Waals surface area (Å²) in [5.74, 6) is -0.591. The SMILES string of the molecule is COC(=O)[C@H]1[C@H](CNC2CC2)N(C(=O)OC(C)(C)C)CCN1C(=O)OC(C)(C)C. The van der Waals surface area contributed by atoms with E-state index in [-0.39, 0.29) is 13.1 Å². The van der Waals surface area contributed by atoms with Crippen molar-refractivity contribution in [1.82, 2.24) is 15.1 Å². The number of hydrogen-bond acceptors (Lipinski definition) is 7. The van der Waals surface area contributed by atoms with E-state index in [1.165, 1.54) is 16.9 Å². The third-order valence-electron chi connectivity index (χ3n) is 4.57. The Morgan fingerprint density at radius 1 is 0.897 bits per heavy atom. The molecule has 0 aromatic rings. The van der Waals surface area contributed by atoms with Gasteiger partial charge in [-0.2, -0.15) is 0 Å². The number of hydrogen-bond donors (Lipinski definition) is 1. The van der Waals surface area contributed by atoms with Crippen LogP contribution in [0.25, 0.3) is 0 Å². The third kappa shape index (κ3) is 6.76. The number of methoxy groups -OCH3 is 1. The minimum atomic E-state index is -0.984. The van der Waals surface area contributed by atoms with Crippen molar-refractivity contribution in [3.8, 4) is 0 Å². The number of rotatable bonds is 4. The second kappa shape index (κ2) is 8.77. The first-order valence-electron chi connectivity index (χ1n) is 10.1. The Morgan fingerprint density at radius 3 is 1.83 bits per heavy atom. The van der Waals surface area contributed by atoms with Gasteiger partial charge in [0.15, 0.2) is 6.04 Å². The smallest absolute Gasteiger partial charge is 0.411 e. The summed E-state index contributed by atoms with van der Waals surface area (Å²) in [7, 11) is 1.27. The van der Waals surface area contributed by atoms with Crippen molar-refractivity contribution in [3.05, 3.63) is 0 Å². The van der Waals surface area contributed by atoms with Gasteiger partial charge in [-0.3, -0.25) is 9.80 Å². The molecule has 9 heteroatoms. The van der Waals surface area contributed by atoms with Crippen LogP contribution >= 0.6 is 0 Å². The first-order valence-corrected chi connectivity index (χ1v) is 10.1. The Labute approximate surface area is 173 Å². The van der Waals surface area contributed by atoms with Crippen molar-refractivity contribution in [2.75, 3.05) is 26.7 Å². The quantitative estimate of drug-likeness (QED) is 0.557. The Morgan fingerprint density at radius 2 is 1.38 bits per heavy atom. The molecule has 166 valence electrons. The van der Waals surface area contributed by atoms with Gasteiger partial charge in [0.2, 0.25) is 0 Å².